The molecule has 0 saturated carbocycles. The molecule has 1 heterocycles. The molecule has 0 fully saturated rings. The first-order chi connectivity index (χ1) is 10.7. The molecule has 0 aromatic heterocycles. The Bertz CT molecular complexity index is 668. The van der Waals surface area contributed by atoms with E-state index in [0.717, 1.165) is 29.2 Å². The van der Waals surface area contributed by atoms with Crippen molar-refractivity contribution in [1.29, 1.82) is 0 Å². The van der Waals surface area contributed by atoms with E-state index in [0.29, 0.717) is 18.9 Å². The first-order valence-corrected chi connectivity index (χ1v) is 7.31. The third-order valence-corrected chi connectivity index (χ3v) is 3.37. The van der Waals surface area contributed by atoms with Gasteiger partial charge in [0.15, 0.2) is 0 Å². The van der Waals surface area contributed by atoms with Crippen molar-refractivity contribution in [2.45, 2.75) is 13.3 Å². The van der Waals surface area contributed by atoms with Crippen molar-refractivity contribution in [1.82, 2.24) is 0 Å². The van der Waals surface area contributed by atoms with Crippen LogP contribution < -0.4 is 20.1 Å². The van der Waals surface area contributed by atoms with Gasteiger partial charge in [0.25, 0.3) is 0 Å². The quantitative estimate of drug-likeness (QED) is 0.905. The average molecular weight is 298 g/mol. The van der Waals surface area contributed by atoms with Crippen LogP contribution in [0.5, 0.6) is 11.5 Å². The zero-order chi connectivity index (χ0) is 15.4. The molecule has 0 bridgehead atoms. The summed E-state index contributed by atoms with van der Waals surface area (Å²) in [4.78, 5) is 12.0. The minimum absolute atomic E-state index is 0.275. The molecular weight excluding hydrogens is 280 g/mol. The Labute approximate surface area is 129 Å². The third-order valence-electron chi connectivity index (χ3n) is 3.37. The first kappa shape index (κ1) is 14.3. The van der Waals surface area contributed by atoms with E-state index >= 15 is 0 Å². The molecule has 3 rings (SSSR count). The number of hydrogen-bond donors (Lipinski definition) is 2. The van der Waals surface area contributed by atoms with E-state index in [2.05, 4.69) is 10.6 Å². The monoisotopic (exact) mass is 298 g/mol. The van der Waals surface area contributed by atoms with E-state index in [-0.39, 0.29) is 6.03 Å². The fraction of sp³-hybridized carbons (Fsp3) is 0.235. The van der Waals surface area contributed by atoms with Crippen LogP contribution >= 0.6 is 0 Å². The van der Waals surface area contributed by atoms with E-state index < -0.39 is 0 Å². The molecular formula is C17H18N2O3. The number of benzene rings is 2. The highest BCUT2D eigenvalue weighted by atomic mass is 16.5. The van der Waals surface area contributed by atoms with Gasteiger partial charge in [-0.05, 0) is 55.0 Å². The lowest BCUT2D eigenvalue weighted by atomic mass is 10.1. The number of hydrogen-bond acceptors (Lipinski definition) is 3. The molecule has 2 N–H and O–H groups in total. The van der Waals surface area contributed by atoms with Crippen molar-refractivity contribution in [2.24, 2.45) is 0 Å². The van der Waals surface area contributed by atoms with Crippen LogP contribution in [0.4, 0.5) is 16.2 Å². The number of urea groups is 1. The molecule has 0 unspecified atom stereocenters. The maximum atomic E-state index is 12.0. The Kier molecular flexibility index (Phi) is 4.14. The summed E-state index contributed by atoms with van der Waals surface area (Å²) < 4.78 is 10.8. The molecule has 5 nitrogen and oxygen atoms in total. The zero-order valence-electron chi connectivity index (χ0n) is 12.4. The standard InChI is InChI=1S/C17H18N2O3/c1-2-21-15-6-3-13(4-7-15)18-17(20)19-14-5-8-16-12(11-14)9-10-22-16/h3-8,11H,2,9-10H2,1H3,(H2,18,19,20). The number of rotatable bonds is 4. The predicted octanol–water partition coefficient (Wildman–Crippen LogP) is 3.66. The number of carbonyl (C=O) groups excluding carboxylic acids is 1. The summed E-state index contributed by atoms with van der Waals surface area (Å²) in [5, 5.41) is 5.61. The van der Waals surface area contributed by atoms with Crippen LogP contribution in [0.3, 0.4) is 0 Å². The van der Waals surface area contributed by atoms with Crippen LogP contribution in [0.25, 0.3) is 0 Å². The maximum absolute atomic E-state index is 12.0. The van der Waals surface area contributed by atoms with E-state index in [1.54, 1.807) is 12.1 Å². The highest BCUT2D eigenvalue weighted by Crippen LogP contribution is 2.27. The smallest absolute Gasteiger partial charge is 0.323 e. The number of carbonyl (C=O) groups is 1. The fourth-order valence-corrected chi connectivity index (χ4v) is 2.36. The molecule has 1 aliphatic heterocycles. The number of fused-ring (bicyclic) bond motifs is 1. The van der Waals surface area contributed by atoms with E-state index in [1.165, 1.54) is 0 Å². The topological polar surface area (TPSA) is 59.6 Å². The Morgan fingerprint density at radius 1 is 1.14 bits per heavy atom. The van der Waals surface area contributed by atoms with Crippen LogP contribution in [-0.4, -0.2) is 19.2 Å². The van der Waals surface area contributed by atoms with Crippen molar-refractivity contribution < 1.29 is 14.3 Å². The van der Waals surface area contributed by atoms with Gasteiger partial charge < -0.3 is 20.1 Å². The second-order valence-electron chi connectivity index (χ2n) is 4.96. The zero-order valence-corrected chi connectivity index (χ0v) is 12.4. The molecule has 22 heavy (non-hydrogen) atoms. The van der Waals surface area contributed by atoms with Crippen molar-refractivity contribution in [3.05, 3.63) is 48.0 Å². The Morgan fingerprint density at radius 3 is 2.64 bits per heavy atom. The van der Waals surface area contributed by atoms with Crippen LogP contribution in [0.1, 0.15) is 12.5 Å². The van der Waals surface area contributed by atoms with Gasteiger partial charge in [-0.3, -0.25) is 0 Å². The van der Waals surface area contributed by atoms with Crippen molar-refractivity contribution in [3.63, 3.8) is 0 Å². The Balaban J connectivity index is 1.60. The lowest BCUT2D eigenvalue weighted by Gasteiger charge is -2.09. The number of nitrogens with one attached hydrogen (secondary N) is 2. The summed E-state index contributed by atoms with van der Waals surface area (Å²) in [5.74, 6) is 1.68. The molecule has 0 radical (unpaired) electrons. The number of amides is 2. The molecule has 2 amide bonds. The van der Waals surface area contributed by atoms with Gasteiger partial charge in [-0.25, -0.2) is 4.79 Å². The maximum Gasteiger partial charge on any atom is 0.323 e. The minimum atomic E-state index is -0.275. The highest BCUT2D eigenvalue weighted by molar-refractivity contribution is 5.99. The summed E-state index contributed by atoms with van der Waals surface area (Å²) in [7, 11) is 0. The number of ether oxygens (including phenoxy) is 2. The lowest BCUT2D eigenvalue weighted by molar-refractivity contribution is 0.262. The van der Waals surface area contributed by atoms with Gasteiger partial charge in [-0.15, -0.1) is 0 Å². The summed E-state index contributed by atoms with van der Waals surface area (Å²) in [6.07, 6.45) is 0.880. The molecule has 0 saturated heterocycles. The van der Waals surface area contributed by atoms with Crippen LogP contribution in [0, 0.1) is 0 Å². The highest BCUT2D eigenvalue weighted by Gasteiger charge is 2.12. The largest absolute Gasteiger partial charge is 0.494 e. The molecule has 2 aromatic carbocycles. The Hall–Kier alpha value is -2.69. The minimum Gasteiger partial charge on any atom is -0.494 e. The second-order valence-corrected chi connectivity index (χ2v) is 4.96. The van der Waals surface area contributed by atoms with Crippen LogP contribution in [0.2, 0.25) is 0 Å². The van der Waals surface area contributed by atoms with E-state index in [1.807, 2.05) is 37.3 Å². The summed E-state index contributed by atoms with van der Waals surface area (Å²) in [6.45, 7) is 3.26. The van der Waals surface area contributed by atoms with Gasteiger partial charge in [0.1, 0.15) is 11.5 Å². The van der Waals surface area contributed by atoms with Crippen molar-refractivity contribution in [3.8, 4) is 11.5 Å². The van der Waals surface area contributed by atoms with Gasteiger partial charge >= 0.3 is 6.03 Å². The van der Waals surface area contributed by atoms with Crippen molar-refractivity contribution in [2.75, 3.05) is 23.8 Å². The first-order valence-electron chi connectivity index (χ1n) is 7.31. The molecule has 0 atom stereocenters. The van der Waals surface area contributed by atoms with Crippen molar-refractivity contribution >= 4 is 17.4 Å². The molecule has 5 heteroatoms. The third kappa shape index (κ3) is 3.31. The van der Waals surface area contributed by atoms with Gasteiger partial charge in [0, 0.05) is 17.8 Å². The SMILES string of the molecule is CCOc1ccc(NC(=O)Nc2ccc3c(c2)CCO3)cc1. The van der Waals surface area contributed by atoms with Crippen LogP contribution in [-0.2, 0) is 6.42 Å². The normalized spacial score (nSPS) is 12.2. The van der Waals surface area contributed by atoms with Gasteiger partial charge in [0.05, 0.1) is 13.2 Å². The van der Waals surface area contributed by atoms with Gasteiger partial charge in [0.2, 0.25) is 0 Å². The summed E-state index contributed by atoms with van der Waals surface area (Å²) in [5.41, 5.74) is 2.59. The van der Waals surface area contributed by atoms with Crippen LogP contribution in [0.15, 0.2) is 42.5 Å². The molecule has 114 valence electrons. The van der Waals surface area contributed by atoms with Gasteiger partial charge in [-0.1, -0.05) is 0 Å². The van der Waals surface area contributed by atoms with E-state index in [4.69, 9.17) is 9.47 Å². The molecule has 2 aromatic rings. The Morgan fingerprint density at radius 2 is 1.86 bits per heavy atom. The summed E-state index contributed by atoms with van der Waals surface area (Å²) >= 11 is 0. The molecule has 1 aliphatic rings. The summed E-state index contributed by atoms with van der Waals surface area (Å²) in [6, 6.07) is 12.7. The second kappa shape index (κ2) is 6.39. The molecule has 0 aliphatic carbocycles. The lowest BCUT2D eigenvalue weighted by Crippen LogP contribution is -2.19. The number of anilines is 2. The average Bonchev–Trinajstić information content (AvgIpc) is 2.97. The predicted molar refractivity (Wildman–Crippen MR) is 85.9 cm³/mol. The van der Waals surface area contributed by atoms with E-state index in [9.17, 15) is 4.79 Å². The van der Waals surface area contributed by atoms with Gasteiger partial charge in [-0.2, -0.15) is 0 Å². The molecule has 0 spiro atoms. The fourth-order valence-electron chi connectivity index (χ4n) is 2.36.